The molecule has 0 fully saturated rings. The van der Waals surface area contributed by atoms with Gasteiger partial charge in [0, 0.05) is 0 Å². The molecular weight excluding hydrogens is 201 g/mol. The van der Waals surface area contributed by atoms with Crippen LogP contribution in [0.3, 0.4) is 0 Å². The lowest BCUT2D eigenvalue weighted by Crippen LogP contribution is -1.99. The molecule has 0 unspecified atom stereocenters. The summed E-state index contributed by atoms with van der Waals surface area (Å²) >= 11 is -0.308. The van der Waals surface area contributed by atoms with Crippen LogP contribution in [-0.4, -0.2) is 10.6 Å². The molecule has 0 amide bonds. The van der Waals surface area contributed by atoms with E-state index in [9.17, 15) is 13.2 Å². The van der Waals surface area contributed by atoms with Gasteiger partial charge >= 0.3 is 5.51 Å². The van der Waals surface area contributed by atoms with Gasteiger partial charge in [0.15, 0.2) is 0 Å². The second-order valence-electron chi connectivity index (χ2n) is 2.52. The minimum absolute atomic E-state index is 0.160. The van der Waals surface area contributed by atoms with Crippen molar-refractivity contribution in [3.63, 3.8) is 0 Å². The van der Waals surface area contributed by atoms with E-state index in [4.69, 9.17) is 5.11 Å². The van der Waals surface area contributed by atoms with Gasteiger partial charge in [-0.1, -0.05) is 6.07 Å². The van der Waals surface area contributed by atoms with Gasteiger partial charge in [-0.15, -0.1) is 0 Å². The molecule has 0 atom stereocenters. The summed E-state index contributed by atoms with van der Waals surface area (Å²) in [4.78, 5) is -0.160. The van der Waals surface area contributed by atoms with Crippen LogP contribution in [0, 0.1) is 6.92 Å². The van der Waals surface area contributed by atoms with Gasteiger partial charge in [-0.05, 0) is 36.4 Å². The van der Waals surface area contributed by atoms with Crippen LogP contribution in [-0.2, 0) is 0 Å². The predicted molar refractivity (Wildman–Crippen MR) is 44.8 cm³/mol. The molecular formula is C8H7F3OS. The Balaban J connectivity index is 2.94. The van der Waals surface area contributed by atoms with E-state index in [1.165, 1.54) is 12.1 Å². The first kappa shape index (κ1) is 10.2. The van der Waals surface area contributed by atoms with Crippen LogP contribution in [0.2, 0.25) is 0 Å². The number of aryl methyl sites for hydroxylation is 1. The molecule has 0 aliphatic carbocycles. The zero-order chi connectivity index (χ0) is 10.1. The Hall–Kier alpha value is -0.840. The van der Waals surface area contributed by atoms with Crippen molar-refractivity contribution in [3.8, 4) is 5.75 Å². The summed E-state index contributed by atoms with van der Waals surface area (Å²) in [5.74, 6) is -0.340. The van der Waals surface area contributed by atoms with Crippen molar-refractivity contribution < 1.29 is 18.3 Å². The van der Waals surface area contributed by atoms with Crippen molar-refractivity contribution in [2.45, 2.75) is 17.3 Å². The van der Waals surface area contributed by atoms with E-state index >= 15 is 0 Å². The molecule has 72 valence electrons. The van der Waals surface area contributed by atoms with Crippen LogP contribution in [0.15, 0.2) is 23.1 Å². The van der Waals surface area contributed by atoms with Crippen LogP contribution in [0.25, 0.3) is 0 Å². The van der Waals surface area contributed by atoms with Gasteiger partial charge in [-0.25, -0.2) is 0 Å². The van der Waals surface area contributed by atoms with Crippen molar-refractivity contribution in [1.82, 2.24) is 0 Å². The van der Waals surface area contributed by atoms with Gasteiger partial charge in [0.2, 0.25) is 0 Å². The van der Waals surface area contributed by atoms with Gasteiger partial charge in [0.25, 0.3) is 0 Å². The van der Waals surface area contributed by atoms with Gasteiger partial charge in [0.1, 0.15) is 5.75 Å². The molecule has 1 aromatic rings. The number of phenols is 1. The van der Waals surface area contributed by atoms with Crippen LogP contribution >= 0.6 is 11.8 Å². The average molecular weight is 208 g/mol. The third-order valence-electron chi connectivity index (χ3n) is 1.34. The Morgan fingerprint density at radius 1 is 1.31 bits per heavy atom. The number of hydrogen-bond acceptors (Lipinski definition) is 2. The first-order chi connectivity index (χ1) is 5.88. The van der Waals surface area contributed by atoms with Crippen molar-refractivity contribution in [1.29, 1.82) is 0 Å². The molecule has 5 heteroatoms. The molecule has 1 nitrogen and oxygen atoms in total. The maximum atomic E-state index is 11.9. The van der Waals surface area contributed by atoms with E-state index in [0.717, 1.165) is 0 Å². The SMILES string of the molecule is Cc1ccc(O)c(SC(F)(F)F)c1. The van der Waals surface area contributed by atoms with Gasteiger partial charge in [-0.2, -0.15) is 13.2 Å². The summed E-state index contributed by atoms with van der Waals surface area (Å²) < 4.78 is 35.7. The minimum Gasteiger partial charge on any atom is -0.507 e. The van der Waals surface area contributed by atoms with Gasteiger partial charge < -0.3 is 5.11 Å². The normalized spacial score (nSPS) is 11.7. The fourth-order valence-corrected chi connectivity index (χ4v) is 1.49. The molecule has 0 saturated heterocycles. The first-order valence-corrected chi connectivity index (χ1v) is 4.25. The highest BCUT2D eigenvalue weighted by molar-refractivity contribution is 8.00. The number of hydrogen-bond donors (Lipinski definition) is 1. The van der Waals surface area contributed by atoms with E-state index in [0.29, 0.717) is 5.56 Å². The average Bonchev–Trinajstić information content (AvgIpc) is 1.94. The molecule has 1 N–H and O–H groups in total. The van der Waals surface area contributed by atoms with Crippen molar-refractivity contribution in [2.75, 3.05) is 0 Å². The van der Waals surface area contributed by atoms with E-state index in [-0.39, 0.29) is 22.4 Å². The molecule has 1 rings (SSSR count). The molecule has 0 heterocycles. The summed E-state index contributed by atoms with van der Waals surface area (Å²) in [7, 11) is 0. The molecule has 0 bridgehead atoms. The van der Waals surface area contributed by atoms with Crippen LogP contribution < -0.4 is 0 Å². The zero-order valence-electron chi connectivity index (χ0n) is 6.72. The molecule has 0 aliphatic heterocycles. The number of phenolic OH excluding ortho intramolecular Hbond substituents is 1. The summed E-state index contributed by atoms with van der Waals surface area (Å²) in [5.41, 5.74) is -3.67. The third kappa shape index (κ3) is 3.18. The number of alkyl halides is 3. The standard InChI is InChI=1S/C8H7F3OS/c1-5-2-3-6(12)7(4-5)13-8(9,10)11/h2-4,12H,1H3. The van der Waals surface area contributed by atoms with E-state index in [2.05, 4.69) is 0 Å². The summed E-state index contributed by atoms with van der Waals surface area (Å²) in [6.07, 6.45) is 0. The molecule has 1 aromatic carbocycles. The highest BCUT2D eigenvalue weighted by Crippen LogP contribution is 2.41. The third-order valence-corrected chi connectivity index (χ3v) is 2.12. The molecule has 0 aromatic heterocycles. The van der Waals surface area contributed by atoms with Gasteiger partial charge in [0.05, 0.1) is 4.90 Å². The Morgan fingerprint density at radius 2 is 1.92 bits per heavy atom. The van der Waals surface area contributed by atoms with Crippen LogP contribution in [0.5, 0.6) is 5.75 Å². The van der Waals surface area contributed by atoms with Crippen molar-refractivity contribution >= 4 is 11.8 Å². The van der Waals surface area contributed by atoms with Crippen molar-refractivity contribution in [2.24, 2.45) is 0 Å². The lowest BCUT2D eigenvalue weighted by atomic mass is 10.2. The monoisotopic (exact) mass is 208 g/mol. The number of benzene rings is 1. The molecule has 13 heavy (non-hydrogen) atoms. The number of thioether (sulfide) groups is 1. The topological polar surface area (TPSA) is 20.2 Å². The fourth-order valence-electron chi connectivity index (χ4n) is 0.828. The largest absolute Gasteiger partial charge is 0.507 e. The van der Waals surface area contributed by atoms with E-state index in [1.807, 2.05) is 0 Å². The van der Waals surface area contributed by atoms with E-state index < -0.39 is 5.51 Å². The number of halogens is 3. The van der Waals surface area contributed by atoms with Crippen LogP contribution in [0.4, 0.5) is 13.2 Å². The second-order valence-corrected chi connectivity index (χ2v) is 3.63. The fraction of sp³-hybridized carbons (Fsp3) is 0.250. The molecule has 0 aliphatic rings. The predicted octanol–water partition coefficient (Wildman–Crippen LogP) is 3.31. The quantitative estimate of drug-likeness (QED) is 0.714. The summed E-state index contributed by atoms with van der Waals surface area (Å²) in [6.45, 7) is 1.67. The molecule has 0 spiro atoms. The maximum absolute atomic E-state index is 11.9. The maximum Gasteiger partial charge on any atom is 0.446 e. The number of aromatic hydroxyl groups is 1. The lowest BCUT2D eigenvalue weighted by molar-refractivity contribution is -0.0328. The minimum atomic E-state index is -4.36. The summed E-state index contributed by atoms with van der Waals surface area (Å²) in [5, 5.41) is 9.08. The highest BCUT2D eigenvalue weighted by Gasteiger charge is 2.30. The highest BCUT2D eigenvalue weighted by atomic mass is 32.2. The molecule has 0 saturated carbocycles. The molecule has 0 radical (unpaired) electrons. The first-order valence-electron chi connectivity index (χ1n) is 3.44. The van der Waals surface area contributed by atoms with Crippen molar-refractivity contribution in [3.05, 3.63) is 23.8 Å². The van der Waals surface area contributed by atoms with Gasteiger partial charge in [-0.3, -0.25) is 0 Å². The van der Waals surface area contributed by atoms with E-state index in [1.54, 1.807) is 13.0 Å². The second kappa shape index (κ2) is 3.49. The Labute approximate surface area is 77.6 Å². The smallest absolute Gasteiger partial charge is 0.446 e. The van der Waals surface area contributed by atoms with Crippen LogP contribution in [0.1, 0.15) is 5.56 Å². The zero-order valence-corrected chi connectivity index (χ0v) is 7.54. The Bertz CT molecular complexity index is 309. The summed E-state index contributed by atoms with van der Waals surface area (Å²) in [6, 6.07) is 4.10. The lowest BCUT2D eigenvalue weighted by Gasteiger charge is -2.07. The number of rotatable bonds is 1. The Morgan fingerprint density at radius 3 is 2.46 bits per heavy atom. The Kier molecular flexibility index (Phi) is 2.75.